The summed E-state index contributed by atoms with van der Waals surface area (Å²) in [5.41, 5.74) is 4.73. The highest BCUT2D eigenvalue weighted by atomic mass is 32.2. The summed E-state index contributed by atoms with van der Waals surface area (Å²) in [7, 11) is -2.08. The molecule has 0 aliphatic rings. The predicted octanol–water partition coefficient (Wildman–Crippen LogP) is 1.32. The minimum Gasteiger partial charge on any atom is -0.384 e. The lowest BCUT2D eigenvalue weighted by atomic mass is 10.2. The number of nitrogens with one attached hydrogen (secondary N) is 2. The Morgan fingerprint density at radius 2 is 1.38 bits per heavy atom. The van der Waals surface area contributed by atoms with Crippen molar-refractivity contribution in [3.63, 3.8) is 0 Å². The van der Waals surface area contributed by atoms with Gasteiger partial charge in [-0.15, -0.1) is 0 Å². The molecular formula is C17H17FN2O5S. The van der Waals surface area contributed by atoms with Crippen molar-refractivity contribution in [2.45, 2.75) is 4.90 Å². The van der Waals surface area contributed by atoms with Gasteiger partial charge in [0.15, 0.2) is 9.84 Å². The summed E-state index contributed by atoms with van der Waals surface area (Å²) in [5, 5.41) is 0. The largest absolute Gasteiger partial charge is 0.384 e. The molecule has 9 heteroatoms. The maximum absolute atomic E-state index is 12.8. The number of ether oxygens (including phenoxy) is 1. The molecule has 0 aromatic heterocycles. The second kappa shape index (κ2) is 8.54. The van der Waals surface area contributed by atoms with Gasteiger partial charge in [-0.05, 0) is 48.5 Å². The molecule has 0 saturated heterocycles. The highest BCUT2D eigenvalue weighted by Gasteiger charge is 2.15. The first-order valence-corrected chi connectivity index (χ1v) is 9.17. The van der Waals surface area contributed by atoms with Gasteiger partial charge in [-0.1, -0.05) is 0 Å². The number of sulfone groups is 1. The van der Waals surface area contributed by atoms with Crippen LogP contribution in [0.5, 0.6) is 0 Å². The van der Waals surface area contributed by atoms with E-state index in [2.05, 4.69) is 10.9 Å². The highest BCUT2D eigenvalue weighted by Crippen LogP contribution is 2.12. The fraction of sp³-hybridized carbons (Fsp3) is 0.176. The number of amides is 2. The molecule has 0 fully saturated rings. The maximum Gasteiger partial charge on any atom is 0.269 e. The molecule has 0 spiro atoms. The summed E-state index contributed by atoms with van der Waals surface area (Å²) < 4.78 is 41.6. The van der Waals surface area contributed by atoms with Gasteiger partial charge >= 0.3 is 0 Å². The number of hydrogen-bond acceptors (Lipinski definition) is 5. The van der Waals surface area contributed by atoms with E-state index in [4.69, 9.17) is 4.74 Å². The molecule has 0 aliphatic heterocycles. The molecule has 2 amide bonds. The van der Waals surface area contributed by atoms with Crippen LogP contribution in [0.25, 0.3) is 0 Å². The van der Waals surface area contributed by atoms with Crippen molar-refractivity contribution in [1.29, 1.82) is 0 Å². The third-order valence-corrected chi connectivity index (χ3v) is 5.12. The first-order valence-electron chi connectivity index (χ1n) is 7.51. The number of carbonyl (C=O) groups is 2. The monoisotopic (exact) mass is 380 g/mol. The summed E-state index contributed by atoms with van der Waals surface area (Å²) in [6.45, 7) is 0.0694. The van der Waals surface area contributed by atoms with Crippen molar-refractivity contribution in [2.24, 2.45) is 0 Å². The van der Waals surface area contributed by atoms with Gasteiger partial charge in [0, 0.05) is 18.2 Å². The van der Waals surface area contributed by atoms with Gasteiger partial charge in [-0.2, -0.15) is 0 Å². The van der Waals surface area contributed by atoms with Gasteiger partial charge in [0.1, 0.15) is 5.82 Å². The molecule has 2 rings (SSSR count). The Bertz CT molecular complexity index is 880. The molecule has 138 valence electrons. The molecule has 2 aromatic carbocycles. The van der Waals surface area contributed by atoms with Crippen molar-refractivity contribution >= 4 is 21.7 Å². The van der Waals surface area contributed by atoms with Crippen LogP contribution in [0.2, 0.25) is 0 Å². The van der Waals surface area contributed by atoms with Gasteiger partial charge in [0.05, 0.1) is 17.3 Å². The van der Waals surface area contributed by atoms with E-state index in [1.165, 1.54) is 43.5 Å². The fourth-order valence-corrected chi connectivity index (χ4v) is 3.16. The van der Waals surface area contributed by atoms with Crippen LogP contribution >= 0.6 is 0 Å². The first-order chi connectivity index (χ1) is 12.3. The molecule has 0 radical (unpaired) electrons. The van der Waals surface area contributed by atoms with Crippen molar-refractivity contribution in [1.82, 2.24) is 10.9 Å². The maximum atomic E-state index is 12.8. The lowest BCUT2D eigenvalue weighted by Crippen LogP contribution is -2.41. The van der Waals surface area contributed by atoms with E-state index < -0.39 is 27.5 Å². The van der Waals surface area contributed by atoms with Gasteiger partial charge < -0.3 is 4.74 Å². The smallest absolute Gasteiger partial charge is 0.269 e. The summed E-state index contributed by atoms with van der Waals surface area (Å²) in [5.74, 6) is -1.88. The van der Waals surface area contributed by atoms with Crippen LogP contribution in [0, 0.1) is 5.82 Å². The SMILES string of the molecule is COCCS(=O)(=O)c1ccc(C(=O)NNC(=O)c2ccc(F)cc2)cc1. The summed E-state index contributed by atoms with van der Waals surface area (Å²) in [6.07, 6.45) is 0. The molecule has 0 saturated carbocycles. The summed E-state index contributed by atoms with van der Waals surface area (Å²) in [4.78, 5) is 23.9. The van der Waals surface area contributed by atoms with Crippen LogP contribution in [-0.2, 0) is 14.6 Å². The van der Waals surface area contributed by atoms with Crippen LogP contribution in [0.1, 0.15) is 20.7 Å². The first kappa shape index (κ1) is 19.5. The third-order valence-electron chi connectivity index (χ3n) is 3.43. The van der Waals surface area contributed by atoms with Gasteiger partial charge in [0.25, 0.3) is 11.8 Å². The van der Waals surface area contributed by atoms with E-state index in [0.29, 0.717) is 0 Å². The normalized spacial score (nSPS) is 11.0. The van der Waals surface area contributed by atoms with E-state index in [0.717, 1.165) is 12.1 Å². The van der Waals surface area contributed by atoms with E-state index in [-0.39, 0.29) is 28.4 Å². The average molecular weight is 380 g/mol. The fourth-order valence-electron chi connectivity index (χ4n) is 1.98. The molecule has 0 unspecified atom stereocenters. The Balaban J connectivity index is 1.97. The number of carbonyl (C=O) groups excluding carboxylic acids is 2. The van der Waals surface area contributed by atoms with Crippen LogP contribution in [0.3, 0.4) is 0 Å². The van der Waals surface area contributed by atoms with Crippen molar-refractivity contribution in [3.05, 3.63) is 65.5 Å². The minimum atomic E-state index is -3.49. The molecule has 0 aliphatic carbocycles. The van der Waals surface area contributed by atoms with Crippen LogP contribution in [-0.4, -0.2) is 39.7 Å². The van der Waals surface area contributed by atoms with E-state index >= 15 is 0 Å². The van der Waals surface area contributed by atoms with E-state index in [9.17, 15) is 22.4 Å². The Morgan fingerprint density at radius 1 is 0.923 bits per heavy atom. The molecule has 26 heavy (non-hydrogen) atoms. The lowest BCUT2D eigenvalue weighted by molar-refractivity contribution is 0.0846. The second-order valence-electron chi connectivity index (χ2n) is 5.25. The summed E-state index contributed by atoms with van der Waals surface area (Å²) in [6, 6.07) is 10.1. The Morgan fingerprint density at radius 3 is 1.85 bits per heavy atom. The molecule has 7 nitrogen and oxygen atoms in total. The van der Waals surface area contributed by atoms with Crippen LogP contribution in [0.4, 0.5) is 4.39 Å². The zero-order chi connectivity index (χ0) is 19.2. The van der Waals surface area contributed by atoms with Gasteiger partial charge in [0.2, 0.25) is 0 Å². The van der Waals surface area contributed by atoms with Crippen molar-refractivity contribution < 1.29 is 27.1 Å². The topological polar surface area (TPSA) is 102 Å². The van der Waals surface area contributed by atoms with Crippen molar-refractivity contribution in [2.75, 3.05) is 19.5 Å². The van der Waals surface area contributed by atoms with E-state index in [1.807, 2.05) is 0 Å². The molecule has 0 atom stereocenters. The zero-order valence-electron chi connectivity index (χ0n) is 13.9. The molecule has 2 N–H and O–H groups in total. The minimum absolute atomic E-state index is 0.0694. The van der Waals surface area contributed by atoms with Crippen LogP contribution < -0.4 is 10.9 Å². The number of halogens is 1. The average Bonchev–Trinajstić information content (AvgIpc) is 2.65. The van der Waals surface area contributed by atoms with E-state index in [1.54, 1.807) is 0 Å². The predicted molar refractivity (Wildman–Crippen MR) is 91.7 cm³/mol. The lowest BCUT2D eigenvalue weighted by Gasteiger charge is -2.08. The molecule has 0 heterocycles. The number of rotatable bonds is 6. The Kier molecular flexibility index (Phi) is 6.42. The van der Waals surface area contributed by atoms with Gasteiger partial charge in [-0.3, -0.25) is 20.4 Å². The number of hydrogen-bond donors (Lipinski definition) is 2. The number of methoxy groups -OCH3 is 1. The molecule has 2 aromatic rings. The third kappa shape index (κ3) is 5.11. The summed E-state index contributed by atoms with van der Waals surface area (Å²) >= 11 is 0. The Hall–Kier alpha value is -2.78. The van der Waals surface area contributed by atoms with Gasteiger partial charge in [-0.25, -0.2) is 12.8 Å². The molecule has 0 bridgehead atoms. The molecular weight excluding hydrogens is 363 g/mol. The quantitative estimate of drug-likeness (QED) is 0.736. The van der Waals surface area contributed by atoms with Crippen molar-refractivity contribution in [3.8, 4) is 0 Å². The standard InChI is InChI=1S/C17H17FN2O5S/c1-25-10-11-26(23,24)15-8-4-13(5-9-15)17(22)20-19-16(21)12-2-6-14(18)7-3-12/h2-9H,10-11H2,1H3,(H,19,21)(H,20,22). The van der Waals surface area contributed by atoms with Crippen LogP contribution in [0.15, 0.2) is 53.4 Å². The zero-order valence-corrected chi connectivity index (χ0v) is 14.7. The number of hydrazine groups is 1. The second-order valence-corrected chi connectivity index (χ2v) is 7.36. The number of benzene rings is 2. The highest BCUT2D eigenvalue weighted by molar-refractivity contribution is 7.91. The Labute approximate surface area is 150 Å².